The Bertz CT molecular complexity index is 3430. The van der Waals surface area contributed by atoms with Gasteiger partial charge in [0.2, 0.25) is 0 Å². The van der Waals surface area contributed by atoms with Crippen LogP contribution in [0.2, 0.25) is 0 Å². The first kappa shape index (κ1) is 37.2. The normalized spacial score (nSPS) is 14.8. The molecule has 0 saturated carbocycles. The first-order chi connectivity index (χ1) is 29.7. The Kier molecular flexibility index (Phi) is 8.72. The second-order valence-corrected chi connectivity index (χ2v) is 15.3. The predicted molar refractivity (Wildman–Crippen MR) is 234 cm³/mol. The monoisotopic (exact) mass is 795 g/mol. The van der Waals surface area contributed by atoms with E-state index in [0.717, 1.165) is 27.3 Å². The second-order valence-electron chi connectivity index (χ2n) is 15.3. The van der Waals surface area contributed by atoms with Gasteiger partial charge in [0.1, 0.15) is 5.56 Å². The van der Waals surface area contributed by atoms with E-state index >= 15 is 13.2 Å². The highest BCUT2D eigenvalue weighted by Crippen LogP contribution is 2.51. The molecule has 0 radical (unpaired) electrons. The Balaban J connectivity index is 1.36. The van der Waals surface area contributed by atoms with Gasteiger partial charge in [-0.25, -0.2) is 0 Å². The highest BCUT2D eigenvalue weighted by molar-refractivity contribution is 6.11. The molecule has 61 heavy (non-hydrogen) atoms. The van der Waals surface area contributed by atoms with Crippen molar-refractivity contribution in [2.45, 2.75) is 24.9 Å². The summed E-state index contributed by atoms with van der Waals surface area (Å²) in [4.78, 5) is 0. The van der Waals surface area contributed by atoms with Crippen molar-refractivity contribution in [3.8, 4) is 51.8 Å². The topological polar surface area (TPSA) is 81.2 Å². The number of hydrogen-bond acceptors (Lipinski definition) is 3. The highest BCUT2D eigenvalue weighted by Gasteiger charge is 2.42. The maximum atomic E-state index is 16.8. The molecule has 290 valence electrons. The van der Waals surface area contributed by atoms with Crippen LogP contribution in [-0.2, 0) is 6.18 Å². The minimum absolute atomic E-state index is 0.0495. The Morgan fingerprint density at radius 1 is 0.557 bits per heavy atom. The van der Waals surface area contributed by atoms with Crippen LogP contribution in [0.1, 0.15) is 57.8 Å². The summed E-state index contributed by atoms with van der Waals surface area (Å²) in [5, 5.41) is 32.4. The summed E-state index contributed by atoms with van der Waals surface area (Å²) < 4.78 is 53.8. The lowest BCUT2D eigenvalue weighted by molar-refractivity contribution is -0.137. The second kappa shape index (κ2) is 14.3. The van der Waals surface area contributed by atoms with Crippen molar-refractivity contribution in [2.24, 2.45) is 0 Å². The zero-order valence-electron chi connectivity index (χ0n) is 32.6. The molecule has 8 heteroatoms. The summed E-state index contributed by atoms with van der Waals surface area (Å²) in [5.74, 6) is -0.630. The molecule has 10 rings (SSSR count). The Labute approximate surface area is 349 Å². The average molecular weight is 796 g/mol. The number of allylic oxidation sites excluding steroid dienone is 1. The molecule has 0 N–H and O–H groups in total. The van der Waals surface area contributed by atoms with Gasteiger partial charge in [-0.2, -0.15) is 29.0 Å². The van der Waals surface area contributed by atoms with Crippen molar-refractivity contribution in [3.63, 3.8) is 0 Å². The van der Waals surface area contributed by atoms with Gasteiger partial charge in [-0.3, -0.25) is 0 Å². The third kappa shape index (κ3) is 5.82. The smallest absolute Gasteiger partial charge is 0.312 e. The molecule has 7 aromatic carbocycles. The Hall–Kier alpha value is -8.12. The molecule has 1 aliphatic carbocycles. The van der Waals surface area contributed by atoms with Crippen molar-refractivity contribution < 1.29 is 13.2 Å². The van der Waals surface area contributed by atoms with Gasteiger partial charge in [0.25, 0.3) is 0 Å². The van der Waals surface area contributed by atoms with Crippen molar-refractivity contribution >= 4 is 38.8 Å². The summed E-state index contributed by atoms with van der Waals surface area (Å²) in [6.07, 6.45) is -0.868. The van der Waals surface area contributed by atoms with Crippen molar-refractivity contribution in [3.05, 3.63) is 197 Å². The molecule has 0 bridgehead atoms. The van der Waals surface area contributed by atoms with E-state index in [0.29, 0.717) is 55.6 Å². The zero-order valence-corrected chi connectivity index (χ0v) is 32.6. The molecule has 9 aromatic rings. The van der Waals surface area contributed by atoms with E-state index in [4.69, 9.17) is 0 Å². The standard InChI is InChI=1S/C53H32F3N5/c1-32-38(40-16-5-3-13-37(40)31-59)23-24-45-43-18-7-9-20-47(43)60(51(32)45)48-26-25-41(34-14-10-11-33(27-34)29-57)52(50(48)53(54,55)56)61-46-19-8-6-17-42(46)44-22-21-35(28-49(44)61)39-15-4-2-12-36(39)30-58/h2-28,32,38H,1H3. The summed E-state index contributed by atoms with van der Waals surface area (Å²) in [7, 11) is 0. The third-order valence-electron chi connectivity index (χ3n) is 12.1. The van der Waals surface area contributed by atoms with Crippen LogP contribution < -0.4 is 0 Å². The van der Waals surface area contributed by atoms with Gasteiger partial charge in [-0.1, -0.05) is 122 Å². The van der Waals surface area contributed by atoms with Crippen LogP contribution in [0.25, 0.3) is 72.4 Å². The molecular formula is C53H32F3N5. The maximum Gasteiger partial charge on any atom is 0.420 e. The molecule has 0 amide bonds. The van der Waals surface area contributed by atoms with Gasteiger partial charge < -0.3 is 9.13 Å². The van der Waals surface area contributed by atoms with E-state index in [1.165, 1.54) is 0 Å². The van der Waals surface area contributed by atoms with Crippen LogP contribution in [0.5, 0.6) is 0 Å². The lowest BCUT2D eigenvalue weighted by Crippen LogP contribution is -2.20. The number of nitriles is 3. The lowest BCUT2D eigenvalue weighted by Gasteiger charge is -2.30. The summed E-state index contributed by atoms with van der Waals surface area (Å²) >= 11 is 0. The van der Waals surface area contributed by atoms with Gasteiger partial charge in [-0.05, 0) is 70.8 Å². The summed E-state index contributed by atoms with van der Waals surface area (Å²) in [6, 6.07) is 51.9. The summed E-state index contributed by atoms with van der Waals surface area (Å²) in [6.45, 7) is 2.01. The number of benzene rings is 7. The molecule has 2 unspecified atom stereocenters. The van der Waals surface area contributed by atoms with E-state index < -0.39 is 11.7 Å². The summed E-state index contributed by atoms with van der Waals surface area (Å²) in [5.41, 5.74) is 6.41. The number of hydrogen-bond donors (Lipinski definition) is 0. The quantitative estimate of drug-likeness (QED) is 0.174. The van der Waals surface area contributed by atoms with Gasteiger partial charge in [-0.15, -0.1) is 0 Å². The fourth-order valence-corrected chi connectivity index (χ4v) is 9.45. The number of para-hydroxylation sites is 2. The molecule has 5 nitrogen and oxygen atoms in total. The van der Waals surface area contributed by atoms with E-state index in [1.807, 2.05) is 110 Å². The van der Waals surface area contributed by atoms with Gasteiger partial charge in [0, 0.05) is 44.8 Å². The number of rotatable bonds is 5. The van der Waals surface area contributed by atoms with Crippen molar-refractivity contribution in [1.82, 2.24) is 9.13 Å². The van der Waals surface area contributed by atoms with E-state index in [1.54, 1.807) is 63.7 Å². The Morgan fingerprint density at radius 2 is 1.21 bits per heavy atom. The lowest BCUT2D eigenvalue weighted by atomic mass is 9.78. The molecule has 1 aliphatic rings. The minimum Gasteiger partial charge on any atom is -0.312 e. The van der Waals surface area contributed by atoms with Crippen LogP contribution in [0.15, 0.2) is 158 Å². The SMILES string of the molecule is CC1c2c(c3ccccc3n2-c2ccc(-c3cccc(C#N)c3)c(-n3c4ccccc4c4ccc(-c5ccccc5C#N)cc43)c2C(F)(F)F)C=CC1c1ccccc1C#N. The fraction of sp³-hybridized carbons (Fsp3) is 0.0755. The number of aromatic nitrogens is 2. The highest BCUT2D eigenvalue weighted by atomic mass is 19.4. The van der Waals surface area contributed by atoms with Gasteiger partial charge >= 0.3 is 6.18 Å². The number of fused-ring (bicyclic) bond motifs is 6. The maximum absolute atomic E-state index is 16.8. The molecule has 0 fully saturated rings. The van der Waals surface area contributed by atoms with E-state index in [9.17, 15) is 15.8 Å². The molecular weight excluding hydrogens is 764 g/mol. The minimum atomic E-state index is -4.91. The largest absolute Gasteiger partial charge is 0.420 e. The molecule has 0 aliphatic heterocycles. The molecule has 0 spiro atoms. The van der Waals surface area contributed by atoms with Gasteiger partial charge in [0.15, 0.2) is 0 Å². The molecule has 2 aromatic heterocycles. The van der Waals surface area contributed by atoms with Crippen LogP contribution in [0.4, 0.5) is 13.2 Å². The third-order valence-corrected chi connectivity index (χ3v) is 12.1. The number of halogens is 3. The first-order valence-electron chi connectivity index (χ1n) is 19.8. The molecule has 2 heterocycles. The van der Waals surface area contributed by atoms with Crippen LogP contribution in [0.3, 0.4) is 0 Å². The first-order valence-corrected chi connectivity index (χ1v) is 19.8. The average Bonchev–Trinajstić information content (AvgIpc) is 3.81. The molecule has 2 atom stereocenters. The van der Waals surface area contributed by atoms with Crippen molar-refractivity contribution in [2.75, 3.05) is 0 Å². The van der Waals surface area contributed by atoms with Crippen molar-refractivity contribution in [1.29, 1.82) is 15.8 Å². The van der Waals surface area contributed by atoms with E-state index in [-0.39, 0.29) is 28.8 Å². The number of alkyl halides is 3. The molecule has 0 saturated heterocycles. The fourth-order valence-electron chi connectivity index (χ4n) is 9.45. The predicted octanol–water partition coefficient (Wildman–Crippen LogP) is 13.6. The van der Waals surface area contributed by atoms with Crippen LogP contribution in [0, 0.1) is 34.0 Å². The number of nitrogens with zero attached hydrogens (tertiary/aromatic N) is 5. The van der Waals surface area contributed by atoms with Crippen LogP contribution in [-0.4, -0.2) is 9.13 Å². The van der Waals surface area contributed by atoms with Crippen LogP contribution >= 0.6 is 0 Å². The Morgan fingerprint density at radius 3 is 1.97 bits per heavy atom. The van der Waals surface area contributed by atoms with Gasteiger partial charge in [0.05, 0.1) is 62.8 Å². The zero-order chi connectivity index (χ0) is 42.0. The van der Waals surface area contributed by atoms with E-state index in [2.05, 4.69) is 24.3 Å².